The van der Waals surface area contributed by atoms with Crippen LogP contribution in [0.5, 0.6) is 0 Å². The summed E-state index contributed by atoms with van der Waals surface area (Å²) in [6.07, 6.45) is 2.33. The van der Waals surface area contributed by atoms with Gasteiger partial charge in [0.15, 0.2) is 0 Å². The van der Waals surface area contributed by atoms with Crippen LogP contribution in [0.2, 0.25) is 5.02 Å². The van der Waals surface area contributed by atoms with Gasteiger partial charge in [0.25, 0.3) is 0 Å². The third-order valence-corrected chi connectivity index (χ3v) is 3.95. The lowest BCUT2D eigenvalue weighted by atomic mass is 10.1. The molecule has 0 aliphatic carbocycles. The van der Waals surface area contributed by atoms with Crippen LogP contribution < -0.4 is 5.32 Å². The summed E-state index contributed by atoms with van der Waals surface area (Å²) in [5, 5.41) is 4.40. The number of benzene rings is 1. The van der Waals surface area contributed by atoms with Gasteiger partial charge in [0, 0.05) is 30.1 Å². The largest absolute Gasteiger partial charge is 0.310 e. The molecule has 5 heteroatoms. The fraction of sp³-hybridized carbons (Fsp3) is 0.357. The van der Waals surface area contributed by atoms with E-state index < -0.39 is 0 Å². The summed E-state index contributed by atoms with van der Waals surface area (Å²) in [6.45, 7) is 5.00. The second kappa shape index (κ2) is 6.46. The maximum Gasteiger partial charge on any atom is 0.145 e. The molecule has 0 radical (unpaired) electrons. The Labute approximate surface area is 121 Å². The highest BCUT2D eigenvalue weighted by molar-refractivity contribution is 7.11. The molecular formula is C14H16ClFN2S. The van der Waals surface area contributed by atoms with Crippen molar-refractivity contribution in [2.75, 3.05) is 0 Å². The Morgan fingerprint density at radius 3 is 2.95 bits per heavy atom. The Bertz CT molecular complexity index is 554. The monoisotopic (exact) mass is 298 g/mol. The molecule has 0 fully saturated rings. The molecule has 0 saturated carbocycles. The predicted molar refractivity (Wildman–Crippen MR) is 78.3 cm³/mol. The third kappa shape index (κ3) is 4.00. The molecule has 1 N–H and O–H groups in total. The fourth-order valence-corrected chi connectivity index (χ4v) is 2.75. The second-order valence-corrected chi connectivity index (χ2v) is 6.25. The molecule has 0 atom stereocenters. The SMILES string of the molecule is CC(C)NCc1cnc(Cc2cccc(Cl)c2F)s1. The minimum Gasteiger partial charge on any atom is -0.310 e. The zero-order valence-electron chi connectivity index (χ0n) is 10.9. The predicted octanol–water partition coefficient (Wildman–Crippen LogP) is 4.02. The Morgan fingerprint density at radius 2 is 2.21 bits per heavy atom. The van der Waals surface area contributed by atoms with Crippen LogP contribution in [-0.4, -0.2) is 11.0 Å². The van der Waals surface area contributed by atoms with Crippen molar-refractivity contribution in [1.29, 1.82) is 0 Å². The number of thiazole rings is 1. The van der Waals surface area contributed by atoms with Gasteiger partial charge in [-0.15, -0.1) is 11.3 Å². The summed E-state index contributed by atoms with van der Waals surface area (Å²) >= 11 is 7.37. The average Bonchev–Trinajstić information content (AvgIpc) is 2.80. The lowest BCUT2D eigenvalue weighted by molar-refractivity contribution is 0.593. The Morgan fingerprint density at radius 1 is 1.42 bits per heavy atom. The Balaban J connectivity index is 2.05. The van der Waals surface area contributed by atoms with Gasteiger partial charge in [0.1, 0.15) is 5.82 Å². The van der Waals surface area contributed by atoms with Gasteiger partial charge >= 0.3 is 0 Å². The van der Waals surface area contributed by atoms with Crippen LogP contribution >= 0.6 is 22.9 Å². The number of aromatic nitrogens is 1. The molecule has 0 spiro atoms. The molecule has 2 nitrogen and oxygen atoms in total. The molecule has 1 heterocycles. The summed E-state index contributed by atoms with van der Waals surface area (Å²) in [6, 6.07) is 5.50. The van der Waals surface area contributed by atoms with Gasteiger partial charge < -0.3 is 5.32 Å². The first-order valence-corrected chi connectivity index (χ1v) is 7.35. The van der Waals surface area contributed by atoms with Gasteiger partial charge in [0.2, 0.25) is 0 Å². The van der Waals surface area contributed by atoms with Crippen molar-refractivity contribution in [3.63, 3.8) is 0 Å². The highest BCUT2D eigenvalue weighted by Gasteiger charge is 2.09. The van der Waals surface area contributed by atoms with Crippen LogP contribution in [0.25, 0.3) is 0 Å². The summed E-state index contributed by atoms with van der Waals surface area (Å²) in [4.78, 5) is 5.49. The van der Waals surface area contributed by atoms with Crippen molar-refractivity contribution < 1.29 is 4.39 Å². The molecule has 1 aromatic heterocycles. The van der Waals surface area contributed by atoms with E-state index in [9.17, 15) is 4.39 Å². The van der Waals surface area contributed by atoms with Crippen LogP contribution in [0, 0.1) is 5.82 Å². The van der Waals surface area contributed by atoms with Gasteiger partial charge in [-0.2, -0.15) is 0 Å². The van der Waals surface area contributed by atoms with E-state index >= 15 is 0 Å². The molecule has 2 rings (SSSR count). The van der Waals surface area contributed by atoms with Crippen molar-refractivity contribution in [3.05, 3.63) is 50.7 Å². The van der Waals surface area contributed by atoms with Crippen LogP contribution in [0.1, 0.15) is 29.3 Å². The Kier molecular flexibility index (Phi) is 4.91. The van der Waals surface area contributed by atoms with E-state index in [2.05, 4.69) is 24.1 Å². The zero-order chi connectivity index (χ0) is 13.8. The summed E-state index contributed by atoms with van der Waals surface area (Å²) in [7, 11) is 0. The number of hydrogen-bond donors (Lipinski definition) is 1. The summed E-state index contributed by atoms with van der Waals surface area (Å²) in [5.74, 6) is -0.346. The molecule has 0 aliphatic heterocycles. The van der Waals surface area contributed by atoms with E-state index in [0.717, 1.165) is 16.4 Å². The van der Waals surface area contributed by atoms with Crippen LogP contribution in [0.15, 0.2) is 24.4 Å². The number of rotatable bonds is 5. The topological polar surface area (TPSA) is 24.9 Å². The number of nitrogens with zero attached hydrogens (tertiary/aromatic N) is 1. The van der Waals surface area contributed by atoms with E-state index in [-0.39, 0.29) is 10.8 Å². The molecule has 19 heavy (non-hydrogen) atoms. The minimum absolute atomic E-state index is 0.163. The first-order chi connectivity index (χ1) is 9.06. The number of halogens is 2. The van der Waals surface area contributed by atoms with Crippen LogP contribution in [0.4, 0.5) is 4.39 Å². The second-order valence-electron chi connectivity index (χ2n) is 4.65. The summed E-state index contributed by atoms with van der Waals surface area (Å²) in [5.41, 5.74) is 0.588. The molecule has 0 saturated heterocycles. The quantitative estimate of drug-likeness (QED) is 0.901. The van der Waals surface area contributed by atoms with Gasteiger partial charge in [-0.3, -0.25) is 0 Å². The number of hydrogen-bond acceptors (Lipinski definition) is 3. The minimum atomic E-state index is -0.346. The van der Waals surface area contributed by atoms with Crippen molar-refractivity contribution in [2.24, 2.45) is 0 Å². The first-order valence-electron chi connectivity index (χ1n) is 6.16. The third-order valence-electron chi connectivity index (χ3n) is 2.66. The molecular weight excluding hydrogens is 283 g/mol. The molecule has 1 aromatic carbocycles. The lowest BCUT2D eigenvalue weighted by Crippen LogP contribution is -2.21. The normalized spacial score (nSPS) is 11.2. The van der Waals surface area contributed by atoms with Gasteiger partial charge in [0.05, 0.1) is 10.0 Å². The van der Waals surface area contributed by atoms with Crippen molar-refractivity contribution in [3.8, 4) is 0 Å². The van der Waals surface area contributed by atoms with E-state index in [1.165, 1.54) is 0 Å². The van der Waals surface area contributed by atoms with Crippen molar-refractivity contribution in [2.45, 2.75) is 32.9 Å². The maximum atomic E-state index is 13.8. The van der Waals surface area contributed by atoms with Gasteiger partial charge in [-0.1, -0.05) is 37.6 Å². The van der Waals surface area contributed by atoms with Crippen molar-refractivity contribution >= 4 is 22.9 Å². The molecule has 0 unspecified atom stereocenters. The first kappa shape index (κ1) is 14.4. The molecule has 2 aromatic rings. The van der Waals surface area contributed by atoms with E-state index in [4.69, 9.17) is 11.6 Å². The smallest absolute Gasteiger partial charge is 0.145 e. The fourth-order valence-electron chi connectivity index (χ4n) is 1.66. The molecule has 0 aliphatic rings. The molecule has 0 amide bonds. The number of nitrogens with one attached hydrogen (secondary N) is 1. The van der Waals surface area contributed by atoms with Crippen LogP contribution in [-0.2, 0) is 13.0 Å². The molecule has 102 valence electrons. The summed E-state index contributed by atoms with van der Waals surface area (Å²) < 4.78 is 13.8. The zero-order valence-corrected chi connectivity index (χ0v) is 12.5. The van der Waals surface area contributed by atoms with Gasteiger partial charge in [-0.25, -0.2) is 9.37 Å². The Hall–Kier alpha value is -0.970. The molecule has 0 bridgehead atoms. The van der Waals surface area contributed by atoms with Crippen molar-refractivity contribution in [1.82, 2.24) is 10.3 Å². The van der Waals surface area contributed by atoms with E-state index in [1.54, 1.807) is 29.5 Å². The average molecular weight is 299 g/mol. The van der Waals surface area contributed by atoms with Crippen LogP contribution in [0.3, 0.4) is 0 Å². The van der Waals surface area contributed by atoms with E-state index in [0.29, 0.717) is 18.0 Å². The lowest BCUT2D eigenvalue weighted by Gasteiger charge is -2.04. The van der Waals surface area contributed by atoms with E-state index in [1.807, 2.05) is 6.20 Å². The maximum absolute atomic E-state index is 13.8. The standard InChI is InChI=1S/C14H16ClFN2S/c1-9(2)17-7-11-8-18-13(19-11)6-10-4-3-5-12(15)14(10)16/h3-5,8-9,17H,6-7H2,1-2H3. The highest BCUT2D eigenvalue weighted by atomic mass is 35.5. The van der Waals surface area contributed by atoms with Gasteiger partial charge in [-0.05, 0) is 11.6 Å². The highest BCUT2D eigenvalue weighted by Crippen LogP contribution is 2.22.